The maximum Gasteiger partial charge on any atom is 0.323 e. The molecule has 30 heavy (non-hydrogen) atoms. The topological polar surface area (TPSA) is 115 Å². The van der Waals surface area contributed by atoms with Crippen molar-refractivity contribution in [3.05, 3.63) is 33.1 Å². The number of carbonyl (C=O) groups is 4. The van der Waals surface area contributed by atoms with E-state index in [1.807, 2.05) is 0 Å². The molecule has 0 radical (unpaired) electrons. The van der Waals surface area contributed by atoms with Gasteiger partial charge in [0.2, 0.25) is 0 Å². The zero-order chi connectivity index (χ0) is 22.0. The molecule has 0 aromatic heterocycles. The molecule has 2 heterocycles. The van der Waals surface area contributed by atoms with Gasteiger partial charge in [0.1, 0.15) is 10.9 Å². The predicted octanol–water partition coefficient (Wildman–Crippen LogP) is 3.10. The number of benzene rings is 1. The summed E-state index contributed by atoms with van der Waals surface area (Å²) in [5.41, 5.74) is 1.07. The minimum absolute atomic E-state index is 0.0714. The Morgan fingerprint density at radius 3 is 2.43 bits per heavy atom. The molecule has 0 aliphatic carbocycles. The number of halogens is 1. The number of rotatable bonds is 8. The minimum atomic E-state index is -1.16. The van der Waals surface area contributed by atoms with Crippen LogP contribution in [0.15, 0.2) is 27.6 Å². The Kier molecular flexibility index (Phi) is 6.94. The van der Waals surface area contributed by atoms with Crippen molar-refractivity contribution in [2.45, 2.75) is 25.7 Å². The van der Waals surface area contributed by atoms with Crippen LogP contribution in [0.1, 0.15) is 31.2 Å². The van der Waals surface area contributed by atoms with Crippen molar-refractivity contribution in [2.24, 2.45) is 0 Å². The number of carboxylic acids is 2. The van der Waals surface area contributed by atoms with Crippen LogP contribution in [0.4, 0.5) is 5.69 Å². The number of thiocarbonyl (C=S) groups is 1. The van der Waals surface area contributed by atoms with Gasteiger partial charge in [0.25, 0.3) is 11.8 Å². The van der Waals surface area contributed by atoms with E-state index in [-0.39, 0.29) is 16.9 Å². The van der Waals surface area contributed by atoms with Crippen LogP contribution in [0, 0.1) is 0 Å². The van der Waals surface area contributed by atoms with Gasteiger partial charge in [-0.3, -0.25) is 29.0 Å². The molecular weight excluding hydrogens is 496 g/mol. The second-order valence-electron chi connectivity index (χ2n) is 6.68. The van der Waals surface area contributed by atoms with Crippen LogP contribution < -0.4 is 4.90 Å². The van der Waals surface area contributed by atoms with E-state index in [4.69, 9.17) is 17.3 Å². The maximum absolute atomic E-state index is 13.0. The summed E-state index contributed by atoms with van der Waals surface area (Å²) in [7, 11) is 0. The van der Waals surface area contributed by atoms with Crippen LogP contribution in [0.5, 0.6) is 0 Å². The Balaban J connectivity index is 1.87. The molecule has 1 aromatic rings. The lowest BCUT2D eigenvalue weighted by atomic mass is 10.1. The summed E-state index contributed by atoms with van der Waals surface area (Å²) in [5.74, 6) is -2.96. The van der Waals surface area contributed by atoms with Gasteiger partial charge >= 0.3 is 11.9 Å². The molecule has 0 unspecified atom stereocenters. The zero-order valence-electron chi connectivity index (χ0n) is 15.6. The maximum atomic E-state index is 13.0. The number of nitrogens with zero attached hydrogens (tertiary/aromatic N) is 2. The monoisotopic (exact) mass is 512 g/mol. The number of aliphatic carboxylic acids is 2. The smallest absolute Gasteiger partial charge is 0.323 e. The van der Waals surface area contributed by atoms with Gasteiger partial charge in [0.05, 0.1) is 16.2 Å². The third-order valence-electron chi connectivity index (χ3n) is 4.62. The molecule has 1 fully saturated rings. The number of thioether (sulfide) groups is 1. The number of carboxylic acid groups (broad SMARTS) is 2. The molecule has 0 bridgehead atoms. The molecule has 2 amide bonds. The van der Waals surface area contributed by atoms with E-state index < -0.39 is 30.3 Å². The molecule has 0 atom stereocenters. The van der Waals surface area contributed by atoms with Gasteiger partial charge in [0.15, 0.2) is 0 Å². The summed E-state index contributed by atoms with van der Waals surface area (Å²) >= 11 is 9.70. The summed E-state index contributed by atoms with van der Waals surface area (Å²) in [6.45, 7) is -0.180. The largest absolute Gasteiger partial charge is 0.481 e. The third kappa shape index (κ3) is 4.57. The van der Waals surface area contributed by atoms with Crippen molar-refractivity contribution in [3.63, 3.8) is 0 Å². The van der Waals surface area contributed by atoms with Gasteiger partial charge in [-0.25, -0.2) is 0 Å². The Bertz CT molecular complexity index is 993. The fraction of sp³-hybridized carbons (Fsp3) is 0.316. The Morgan fingerprint density at radius 2 is 1.77 bits per heavy atom. The van der Waals surface area contributed by atoms with Crippen LogP contribution in [-0.4, -0.2) is 56.3 Å². The van der Waals surface area contributed by atoms with Gasteiger partial charge in [-0.2, -0.15) is 0 Å². The van der Waals surface area contributed by atoms with Crippen molar-refractivity contribution in [3.8, 4) is 0 Å². The van der Waals surface area contributed by atoms with Crippen LogP contribution in [-0.2, 0) is 19.2 Å². The van der Waals surface area contributed by atoms with Gasteiger partial charge in [-0.15, -0.1) is 0 Å². The van der Waals surface area contributed by atoms with E-state index in [1.54, 1.807) is 18.2 Å². The quantitative estimate of drug-likeness (QED) is 0.310. The third-order valence-corrected chi connectivity index (χ3v) is 6.56. The zero-order valence-corrected chi connectivity index (χ0v) is 18.8. The summed E-state index contributed by atoms with van der Waals surface area (Å²) in [4.78, 5) is 50.6. The van der Waals surface area contributed by atoms with Crippen molar-refractivity contribution < 1.29 is 29.4 Å². The number of hydrogen-bond donors (Lipinski definition) is 2. The summed E-state index contributed by atoms with van der Waals surface area (Å²) in [6.07, 6.45) is 1.80. The Hall–Kier alpha value is -2.24. The highest BCUT2D eigenvalue weighted by Crippen LogP contribution is 2.45. The highest BCUT2D eigenvalue weighted by atomic mass is 79.9. The molecule has 2 aliphatic heterocycles. The first-order valence-electron chi connectivity index (χ1n) is 9.04. The number of amides is 2. The number of hydrogen-bond acceptors (Lipinski definition) is 6. The molecular formula is C19H17BrN2O6S2. The van der Waals surface area contributed by atoms with E-state index in [0.717, 1.165) is 16.7 Å². The first-order valence-corrected chi connectivity index (χ1v) is 11.1. The molecule has 2 aliphatic rings. The molecule has 1 saturated heterocycles. The number of unbranched alkanes of at least 4 members (excludes halogenated alkanes) is 2. The van der Waals surface area contributed by atoms with Gasteiger partial charge < -0.3 is 10.2 Å². The van der Waals surface area contributed by atoms with Crippen molar-refractivity contribution >= 4 is 79.2 Å². The highest BCUT2D eigenvalue weighted by molar-refractivity contribution is 9.10. The Labute approximate surface area is 190 Å². The first kappa shape index (κ1) is 22.4. The standard InChI is InChI=1S/C19H17BrN2O6S2/c20-10-5-6-12-11(8-10)15(17(27)22(12)9-14(25)26)16-18(28)21(19(29)30-16)7-3-1-2-4-13(23)24/h5-6,8H,1-4,7,9H2,(H,23,24)(H,25,26)/b16-15+. The lowest BCUT2D eigenvalue weighted by Crippen LogP contribution is -2.33. The second-order valence-corrected chi connectivity index (χ2v) is 9.24. The van der Waals surface area contributed by atoms with E-state index in [9.17, 15) is 24.3 Å². The van der Waals surface area contributed by atoms with Gasteiger partial charge in [-0.05, 0) is 31.0 Å². The number of carbonyl (C=O) groups excluding carboxylic acids is 2. The van der Waals surface area contributed by atoms with Crippen molar-refractivity contribution in [2.75, 3.05) is 18.0 Å². The SMILES string of the molecule is O=C(O)CCCCCN1C(=O)/C(=C2\C(=O)N(CC(=O)O)c3ccc(Br)cc32)SC1=S. The summed E-state index contributed by atoms with van der Waals surface area (Å²) < 4.78 is 1.01. The molecule has 3 rings (SSSR count). The van der Waals surface area contributed by atoms with E-state index in [1.165, 1.54) is 4.90 Å². The minimum Gasteiger partial charge on any atom is -0.481 e. The van der Waals surface area contributed by atoms with E-state index >= 15 is 0 Å². The average molecular weight is 513 g/mol. The predicted molar refractivity (Wildman–Crippen MR) is 119 cm³/mol. The van der Waals surface area contributed by atoms with Crippen molar-refractivity contribution in [1.29, 1.82) is 0 Å². The van der Waals surface area contributed by atoms with Crippen LogP contribution >= 0.6 is 39.9 Å². The highest BCUT2D eigenvalue weighted by Gasteiger charge is 2.42. The first-order chi connectivity index (χ1) is 14.2. The number of anilines is 1. The average Bonchev–Trinajstić information content (AvgIpc) is 3.08. The lowest BCUT2D eigenvalue weighted by Gasteiger charge is -2.14. The molecule has 0 spiro atoms. The molecule has 8 nitrogen and oxygen atoms in total. The summed E-state index contributed by atoms with van der Waals surface area (Å²) in [5, 5.41) is 17.9. The van der Waals surface area contributed by atoms with Crippen LogP contribution in [0.3, 0.4) is 0 Å². The molecule has 2 N–H and O–H groups in total. The van der Waals surface area contributed by atoms with Crippen molar-refractivity contribution in [1.82, 2.24) is 4.90 Å². The van der Waals surface area contributed by atoms with Gasteiger partial charge in [0, 0.05) is 23.0 Å². The fourth-order valence-electron chi connectivity index (χ4n) is 3.28. The normalized spacial score (nSPS) is 18.4. The number of fused-ring (bicyclic) bond motifs is 1. The fourth-order valence-corrected chi connectivity index (χ4v) is 5.02. The molecule has 0 saturated carbocycles. The molecule has 1 aromatic carbocycles. The summed E-state index contributed by atoms with van der Waals surface area (Å²) in [6, 6.07) is 5.02. The van der Waals surface area contributed by atoms with E-state index in [2.05, 4.69) is 15.9 Å². The molecule has 11 heteroatoms. The second kappa shape index (κ2) is 9.27. The lowest BCUT2D eigenvalue weighted by molar-refractivity contribution is -0.137. The van der Waals surface area contributed by atoms with Gasteiger partial charge in [-0.1, -0.05) is 46.3 Å². The Morgan fingerprint density at radius 1 is 1.03 bits per heavy atom. The van der Waals surface area contributed by atoms with E-state index in [0.29, 0.717) is 45.9 Å². The van der Waals surface area contributed by atoms with Crippen LogP contribution in [0.25, 0.3) is 5.57 Å². The van der Waals surface area contributed by atoms with Crippen LogP contribution in [0.2, 0.25) is 0 Å². The molecule has 158 valence electrons.